The SMILES string of the molecule is CC(O)c1ccc(-c2ccc(OC(=O)c3ccc(-c4ccc(C5CO5)c(F)c4)cc3)c(F)c2F)cc1. The van der Waals surface area contributed by atoms with Gasteiger partial charge in [-0.05, 0) is 59.5 Å². The zero-order valence-corrected chi connectivity index (χ0v) is 19.2. The van der Waals surface area contributed by atoms with Crippen molar-refractivity contribution in [3.05, 3.63) is 113 Å². The summed E-state index contributed by atoms with van der Waals surface area (Å²) >= 11 is 0. The Balaban J connectivity index is 1.31. The molecule has 7 heteroatoms. The van der Waals surface area contributed by atoms with Crippen LogP contribution in [0.25, 0.3) is 22.3 Å². The standard InChI is InChI=1S/C29H21F3O4/c1-16(33)17-2-6-19(7-3-17)22-12-13-25(28(32)27(22)31)36-29(34)20-8-4-18(5-9-20)21-10-11-23(24(30)14-21)26-15-35-26/h2-14,16,26,33H,15H2,1H3. The van der Waals surface area contributed by atoms with Crippen molar-refractivity contribution in [3.8, 4) is 28.0 Å². The van der Waals surface area contributed by atoms with Crippen molar-refractivity contribution >= 4 is 5.97 Å². The summed E-state index contributed by atoms with van der Waals surface area (Å²) < 4.78 is 54.0. The van der Waals surface area contributed by atoms with E-state index in [9.17, 15) is 23.1 Å². The van der Waals surface area contributed by atoms with Crippen LogP contribution in [-0.2, 0) is 4.74 Å². The topological polar surface area (TPSA) is 59.1 Å². The van der Waals surface area contributed by atoms with Gasteiger partial charge in [0.25, 0.3) is 0 Å². The summed E-state index contributed by atoms with van der Waals surface area (Å²) in [6.07, 6.45) is -0.869. The molecule has 1 heterocycles. The highest BCUT2D eigenvalue weighted by Crippen LogP contribution is 2.34. The highest BCUT2D eigenvalue weighted by molar-refractivity contribution is 5.91. The maximum absolute atomic E-state index is 14.8. The lowest BCUT2D eigenvalue weighted by Gasteiger charge is -2.11. The minimum Gasteiger partial charge on any atom is -0.420 e. The smallest absolute Gasteiger partial charge is 0.343 e. The maximum Gasteiger partial charge on any atom is 0.343 e. The second kappa shape index (κ2) is 9.60. The molecule has 5 rings (SSSR count). The normalized spacial score (nSPS) is 15.4. The summed E-state index contributed by atoms with van der Waals surface area (Å²) in [7, 11) is 0. The number of benzene rings is 4. The Morgan fingerprint density at radius 3 is 2.14 bits per heavy atom. The molecule has 0 saturated carbocycles. The second-order valence-electron chi connectivity index (χ2n) is 8.56. The summed E-state index contributed by atoms with van der Waals surface area (Å²) in [5.41, 5.74) is 3.00. The fourth-order valence-electron chi connectivity index (χ4n) is 3.93. The zero-order chi connectivity index (χ0) is 25.4. The van der Waals surface area contributed by atoms with Crippen LogP contribution >= 0.6 is 0 Å². The second-order valence-corrected chi connectivity index (χ2v) is 8.56. The lowest BCUT2D eigenvalue weighted by Crippen LogP contribution is -2.10. The van der Waals surface area contributed by atoms with E-state index in [0.29, 0.717) is 34.4 Å². The van der Waals surface area contributed by atoms with Gasteiger partial charge in [0.1, 0.15) is 11.9 Å². The molecule has 2 unspecified atom stereocenters. The molecule has 182 valence electrons. The Morgan fingerprint density at radius 1 is 0.889 bits per heavy atom. The van der Waals surface area contributed by atoms with Crippen LogP contribution in [-0.4, -0.2) is 17.7 Å². The van der Waals surface area contributed by atoms with E-state index in [-0.39, 0.29) is 23.0 Å². The number of hydrogen-bond acceptors (Lipinski definition) is 4. The molecule has 4 aromatic carbocycles. The number of aliphatic hydroxyl groups excluding tert-OH is 1. The largest absolute Gasteiger partial charge is 0.420 e. The van der Waals surface area contributed by atoms with Crippen molar-refractivity contribution in [2.45, 2.75) is 19.1 Å². The van der Waals surface area contributed by atoms with E-state index in [2.05, 4.69) is 0 Å². The van der Waals surface area contributed by atoms with Gasteiger partial charge in [0.15, 0.2) is 11.6 Å². The molecule has 2 atom stereocenters. The number of halogens is 3. The average Bonchev–Trinajstić information content (AvgIpc) is 3.72. The Hall–Kier alpha value is -3.94. The molecule has 1 N–H and O–H groups in total. The van der Waals surface area contributed by atoms with Crippen LogP contribution in [0.15, 0.2) is 78.9 Å². The lowest BCUT2D eigenvalue weighted by atomic mass is 10.0. The molecule has 0 amide bonds. The molecule has 0 aliphatic carbocycles. The van der Waals surface area contributed by atoms with Gasteiger partial charge in [0, 0.05) is 11.1 Å². The van der Waals surface area contributed by atoms with Crippen LogP contribution in [0.2, 0.25) is 0 Å². The molecular weight excluding hydrogens is 469 g/mol. The summed E-state index contributed by atoms with van der Waals surface area (Å²) in [5, 5.41) is 9.61. The van der Waals surface area contributed by atoms with Crippen LogP contribution in [0, 0.1) is 17.5 Å². The van der Waals surface area contributed by atoms with Crippen LogP contribution in [0.5, 0.6) is 5.75 Å². The lowest BCUT2D eigenvalue weighted by molar-refractivity contribution is 0.0726. The molecule has 0 radical (unpaired) electrons. The molecule has 0 bridgehead atoms. The van der Waals surface area contributed by atoms with Crippen LogP contribution in [0.1, 0.15) is 40.6 Å². The van der Waals surface area contributed by atoms with Gasteiger partial charge in [0.2, 0.25) is 5.82 Å². The molecule has 1 fully saturated rings. The van der Waals surface area contributed by atoms with Crippen molar-refractivity contribution in [1.82, 2.24) is 0 Å². The molecule has 1 aliphatic rings. The average molecular weight is 490 g/mol. The number of esters is 1. The first-order chi connectivity index (χ1) is 17.3. The zero-order valence-electron chi connectivity index (χ0n) is 19.2. The van der Waals surface area contributed by atoms with Crippen molar-refractivity contribution in [3.63, 3.8) is 0 Å². The van der Waals surface area contributed by atoms with Gasteiger partial charge < -0.3 is 14.6 Å². The molecule has 0 spiro atoms. The molecule has 1 aliphatic heterocycles. The van der Waals surface area contributed by atoms with Crippen molar-refractivity contribution in [2.75, 3.05) is 6.61 Å². The van der Waals surface area contributed by atoms with Crippen molar-refractivity contribution < 1.29 is 32.5 Å². The Kier molecular flexibility index (Phi) is 6.35. The predicted molar refractivity (Wildman–Crippen MR) is 128 cm³/mol. The van der Waals surface area contributed by atoms with Gasteiger partial charge in [-0.1, -0.05) is 48.5 Å². The molecule has 1 saturated heterocycles. The molecule has 0 aromatic heterocycles. The van der Waals surface area contributed by atoms with Crippen LogP contribution in [0.3, 0.4) is 0 Å². The van der Waals surface area contributed by atoms with Crippen molar-refractivity contribution in [2.24, 2.45) is 0 Å². The summed E-state index contributed by atoms with van der Waals surface area (Å²) in [6, 6.07) is 19.9. The number of rotatable bonds is 6. The number of epoxide rings is 1. The fraction of sp³-hybridized carbons (Fsp3) is 0.138. The summed E-state index contributed by atoms with van der Waals surface area (Å²) in [6.45, 7) is 2.12. The Bertz CT molecular complexity index is 1430. The van der Waals surface area contributed by atoms with E-state index in [1.54, 1.807) is 55.5 Å². The predicted octanol–water partition coefficient (Wildman–Crippen LogP) is 6.78. The summed E-state index contributed by atoms with van der Waals surface area (Å²) in [5.74, 6) is -4.19. The summed E-state index contributed by atoms with van der Waals surface area (Å²) in [4.78, 5) is 12.6. The molecular formula is C29H21F3O4. The van der Waals surface area contributed by atoms with Crippen LogP contribution in [0.4, 0.5) is 13.2 Å². The van der Waals surface area contributed by atoms with Gasteiger partial charge in [-0.25, -0.2) is 13.6 Å². The third-order valence-corrected chi connectivity index (χ3v) is 6.09. The monoisotopic (exact) mass is 490 g/mol. The van der Waals surface area contributed by atoms with Crippen molar-refractivity contribution in [1.29, 1.82) is 0 Å². The van der Waals surface area contributed by atoms with Gasteiger partial charge in [-0.15, -0.1) is 0 Å². The third-order valence-electron chi connectivity index (χ3n) is 6.09. The number of carbonyl (C=O) groups excluding carboxylic acids is 1. The van der Waals surface area contributed by atoms with E-state index in [1.807, 2.05) is 0 Å². The van der Waals surface area contributed by atoms with E-state index in [0.717, 1.165) is 0 Å². The quantitative estimate of drug-likeness (QED) is 0.184. The van der Waals surface area contributed by atoms with E-state index in [4.69, 9.17) is 9.47 Å². The first-order valence-electron chi connectivity index (χ1n) is 11.3. The molecule has 4 aromatic rings. The molecule has 4 nitrogen and oxygen atoms in total. The number of ether oxygens (including phenoxy) is 2. The van der Waals surface area contributed by atoms with Gasteiger partial charge >= 0.3 is 5.97 Å². The minimum atomic E-state index is -1.28. The van der Waals surface area contributed by atoms with Gasteiger partial charge in [0.05, 0.1) is 18.3 Å². The maximum atomic E-state index is 14.8. The first-order valence-corrected chi connectivity index (χ1v) is 11.3. The van der Waals surface area contributed by atoms with E-state index in [1.165, 1.54) is 30.3 Å². The van der Waals surface area contributed by atoms with E-state index >= 15 is 0 Å². The fourth-order valence-corrected chi connectivity index (χ4v) is 3.93. The minimum absolute atomic E-state index is 0.000272. The number of hydrogen-bond donors (Lipinski definition) is 1. The highest BCUT2D eigenvalue weighted by Gasteiger charge is 2.27. The third kappa shape index (κ3) is 4.76. The Morgan fingerprint density at radius 2 is 1.53 bits per heavy atom. The van der Waals surface area contributed by atoms with Crippen LogP contribution < -0.4 is 4.74 Å². The van der Waals surface area contributed by atoms with Gasteiger partial charge in [-0.3, -0.25) is 0 Å². The molecule has 36 heavy (non-hydrogen) atoms. The van der Waals surface area contributed by atoms with E-state index < -0.39 is 29.5 Å². The van der Waals surface area contributed by atoms with Gasteiger partial charge in [-0.2, -0.15) is 4.39 Å². The number of carbonyl (C=O) groups is 1. The first kappa shape index (κ1) is 23.8. The Labute approximate surface area is 205 Å². The number of aliphatic hydroxyl groups is 1. The highest BCUT2D eigenvalue weighted by atomic mass is 19.2.